The fourth-order valence-corrected chi connectivity index (χ4v) is 5.19. The summed E-state index contributed by atoms with van der Waals surface area (Å²) in [7, 11) is 0. The monoisotopic (exact) mass is 347 g/mol. The fourth-order valence-electron chi connectivity index (χ4n) is 5.19. The van der Waals surface area contributed by atoms with Gasteiger partial charge in [0.15, 0.2) is 0 Å². The van der Waals surface area contributed by atoms with E-state index in [0.717, 1.165) is 38.5 Å². The molecule has 1 N–H and O–H groups in total. The number of rotatable bonds is 5. The van der Waals surface area contributed by atoms with Gasteiger partial charge in [0.05, 0.1) is 5.41 Å². The number of hydrogen-bond donors (Lipinski definition) is 1. The van der Waals surface area contributed by atoms with Gasteiger partial charge in [0.1, 0.15) is 12.2 Å². The molecule has 4 rings (SSSR count). The van der Waals surface area contributed by atoms with E-state index in [1.165, 1.54) is 32.1 Å². The van der Waals surface area contributed by atoms with E-state index >= 15 is 0 Å². The quantitative estimate of drug-likeness (QED) is 0.864. The average molecular weight is 347 g/mol. The first-order valence-electron chi connectivity index (χ1n) is 9.63. The minimum atomic E-state index is -0.598. The average Bonchev–Trinajstić information content (AvgIpc) is 3.26. The van der Waals surface area contributed by atoms with Crippen molar-refractivity contribution in [3.8, 4) is 0 Å². The summed E-state index contributed by atoms with van der Waals surface area (Å²) in [5, 5.41) is 18.0. The lowest BCUT2D eigenvalue weighted by molar-refractivity contribution is -0.149. The zero-order valence-electron chi connectivity index (χ0n) is 15.1. The van der Waals surface area contributed by atoms with Crippen molar-refractivity contribution in [1.82, 2.24) is 24.6 Å². The van der Waals surface area contributed by atoms with Crippen molar-refractivity contribution in [3.05, 3.63) is 12.2 Å². The van der Waals surface area contributed by atoms with E-state index < -0.39 is 11.4 Å². The third-order valence-corrected chi connectivity index (χ3v) is 6.69. The predicted octanol–water partition coefficient (Wildman–Crippen LogP) is 1.24. The number of aromatic nitrogens is 3. The van der Waals surface area contributed by atoms with Crippen LogP contribution in [0.5, 0.6) is 0 Å². The molecule has 1 aromatic heterocycles. The van der Waals surface area contributed by atoms with Crippen molar-refractivity contribution in [3.63, 3.8) is 0 Å². The number of carboxylic acid groups (broad SMARTS) is 1. The molecule has 0 aromatic carbocycles. The first-order chi connectivity index (χ1) is 12.1. The number of likely N-dealkylation sites (tertiary alicyclic amines) is 2. The molecule has 1 saturated carbocycles. The summed E-state index contributed by atoms with van der Waals surface area (Å²) >= 11 is 0. The van der Waals surface area contributed by atoms with Crippen LogP contribution in [0.2, 0.25) is 0 Å². The molecule has 1 aliphatic carbocycles. The highest BCUT2D eigenvalue weighted by atomic mass is 16.4. The highest BCUT2D eigenvalue weighted by molar-refractivity contribution is 5.77. The Kier molecular flexibility index (Phi) is 4.54. The van der Waals surface area contributed by atoms with Crippen molar-refractivity contribution < 1.29 is 9.90 Å². The van der Waals surface area contributed by atoms with Gasteiger partial charge in [-0.2, -0.15) is 0 Å². The minimum Gasteiger partial charge on any atom is -0.481 e. The third kappa shape index (κ3) is 3.08. The molecule has 25 heavy (non-hydrogen) atoms. The summed E-state index contributed by atoms with van der Waals surface area (Å²) in [4.78, 5) is 17.0. The van der Waals surface area contributed by atoms with Gasteiger partial charge in [0, 0.05) is 51.2 Å². The minimum absolute atomic E-state index is 0.258. The van der Waals surface area contributed by atoms with Crippen molar-refractivity contribution in [1.29, 1.82) is 0 Å². The molecule has 2 aliphatic heterocycles. The van der Waals surface area contributed by atoms with Crippen LogP contribution in [-0.2, 0) is 11.3 Å². The Bertz CT molecular complexity index is 627. The summed E-state index contributed by atoms with van der Waals surface area (Å²) < 4.78 is 2.04. The van der Waals surface area contributed by atoms with Gasteiger partial charge in [0.25, 0.3) is 0 Å². The molecule has 3 fully saturated rings. The van der Waals surface area contributed by atoms with Crippen LogP contribution >= 0.6 is 0 Å². The van der Waals surface area contributed by atoms with Crippen molar-refractivity contribution in [2.45, 2.75) is 51.6 Å². The molecule has 7 nitrogen and oxygen atoms in total. The number of nitrogens with zero attached hydrogens (tertiary/aromatic N) is 5. The molecule has 0 unspecified atom stereocenters. The SMILES string of the molecule is Cc1nncn1CCN1C[C@H]2CN(C3CCCCC3)C[C@@]2(C(=O)O)C1. The van der Waals surface area contributed by atoms with E-state index in [0.29, 0.717) is 12.6 Å². The highest BCUT2D eigenvalue weighted by Crippen LogP contribution is 2.44. The molecule has 2 saturated heterocycles. The molecule has 138 valence electrons. The van der Waals surface area contributed by atoms with Crippen molar-refractivity contribution in [2.24, 2.45) is 11.3 Å². The fraction of sp³-hybridized carbons (Fsp3) is 0.833. The van der Waals surface area contributed by atoms with Gasteiger partial charge in [-0.1, -0.05) is 19.3 Å². The van der Waals surface area contributed by atoms with Gasteiger partial charge in [-0.05, 0) is 19.8 Å². The van der Waals surface area contributed by atoms with Crippen molar-refractivity contribution in [2.75, 3.05) is 32.7 Å². The Morgan fingerprint density at radius 3 is 2.68 bits per heavy atom. The van der Waals surface area contributed by atoms with Crippen LogP contribution in [0.25, 0.3) is 0 Å². The lowest BCUT2D eigenvalue weighted by atomic mass is 9.81. The van der Waals surface area contributed by atoms with E-state index in [4.69, 9.17) is 0 Å². The largest absolute Gasteiger partial charge is 0.481 e. The van der Waals surface area contributed by atoms with Crippen LogP contribution in [0.1, 0.15) is 37.9 Å². The topological polar surface area (TPSA) is 74.5 Å². The van der Waals surface area contributed by atoms with E-state index in [2.05, 4.69) is 20.0 Å². The second-order valence-electron chi connectivity index (χ2n) is 8.19. The Morgan fingerprint density at radius 1 is 1.24 bits per heavy atom. The summed E-state index contributed by atoms with van der Waals surface area (Å²) in [6, 6.07) is 0.615. The summed E-state index contributed by atoms with van der Waals surface area (Å²) in [5.74, 6) is 0.573. The first-order valence-corrected chi connectivity index (χ1v) is 9.63. The number of carboxylic acids is 1. The lowest BCUT2D eigenvalue weighted by Crippen LogP contribution is -2.43. The molecule has 0 spiro atoms. The zero-order valence-corrected chi connectivity index (χ0v) is 15.1. The number of aliphatic carboxylic acids is 1. The van der Waals surface area contributed by atoms with Gasteiger partial charge < -0.3 is 9.67 Å². The number of carbonyl (C=O) groups is 1. The van der Waals surface area contributed by atoms with Crippen LogP contribution in [0.3, 0.4) is 0 Å². The first kappa shape index (κ1) is 17.0. The molecular formula is C18H29N5O2. The molecule has 7 heteroatoms. The van der Waals surface area contributed by atoms with Gasteiger partial charge in [-0.15, -0.1) is 10.2 Å². The normalized spacial score (nSPS) is 31.5. The maximum absolute atomic E-state index is 12.2. The third-order valence-electron chi connectivity index (χ3n) is 6.69. The van der Waals surface area contributed by atoms with E-state index in [-0.39, 0.29) is 5.92 Å². The molecule has 1 aromatic rings. The summed E-state index contributed by atoms with van der Waals surface area (Å²) in [6.07, 6.45) is 8.20. The molecule has 2 atom stereocenters. The second-order valence-corrected chi connectivity index (χ2v) is 8.19. The van der Waals surface area contributed by atoms with Gasteiger partial charge in [0.2, 0.25) is 0 Å². The Labute approximate surface area is 149 Å². The van der Waals surface area contributed by atoms with E-state index in [9.17, 15) is 9.90 Å². The molecule has 0 amide bonds. The van der Waals surface area contributed by atoms with Crippen LogP contribution in [0.4, 0.5) is 0 Å². The number of hydrogen-bond acceptors (Lipinski definition) is 5. The molecule has 3 aliphatic rings. The highest BCUT2D eigenvalue weighted by Gasteiger charge is 2.58. The molecule has 0 bridgehead atoms. The second kappa shape index (κ2) is 6.68. The van der Waals surface area contributed by atoms with Gasteiger partial charge in [-0.25, -0.2) is 0 Å². The Hall–Kier alpha value is -1.47. The van der Waals surface area contributed by atoms with Gasteiger partial charge in [-0.3, -0.25) is 14.6 Å². The molecule has 0 radical (unpaired) electrons. The maximum atomic E-state index is 12.2. The Morgan fingerprint density at radius 2 is 2.04 bits per heavy atom. The summed E-state index contributed by atoms with van der Waals surface area (Å²) in [5.41, 5.74) is -0.570. The number of aryl methyl sites for hydroxylation is 1. The van der Waals surface area contributed by atoms with Crippen LogP contribution in [0.15, 0.2) is 6.33 Å². The number of fused-ring (bicyclic) bond motifs is 1. The van der Waals surface area contributed by atoms with Crippen molar-refractivity contribution >= 4 is 5.97 Å². The smallest absolute Gasteiger partial charge is 0.312 e. The standard InChI is InChI=1S/C18H29N5O2/c1-14-20-19-13-22(14)8-7-21-9-15-10-23(16-5-3-2-4-6-16)12-18(15,11-21)17(24)25/h13,15-16H,2-12H2,1H3,(H,24,25)/t15-,18-/m0/s1. The predicted molar refractivity (Wildman–Crippen MR) is 93.2 cm³/mol. The zero-order chi connectivity index (χ0) is 17.4. The summed E-state index contributed by atoms with van der Waals surface area (Å²) in [6.45, 7) is 6.92. The lowest BCUT2D eigenvalue weighted by Gasteiger charge is -2.33. The molecular weight excluding hydrogens is 318 g/mol. The van der Waals surface area contributed by atoms with Crippen LogP contribution < -0.4 is 0 Å². The molecule has 3 heterocycles. The van der Waals surface area contributed by atoms with E-state index in [1.54, 1.807) is 6.33 Å². The van der Waals surface area contributed by atoms with Crippen LogP contribution in [0, 0.1) is 18.3 Å². The van der Waals surface area contributed by atoms with E-state index in [1.807, 2.05) is 11.5 Å². The Balaban J connectivity index is 1.40. The maximum Gasteiger partial charge on any atom is 0.312 e. The van der Waals surface area contributed by atoms with Crippen LogP contribution in [-0.4, -0.2) is 74.4 Å². The van der Waals surface area contributed by atoms with Gasteiger partial charge >= 0.3 is 5.97 Å².